The second kappa shape index (κ2) is 5.18. The highest BCUT2D eigenvalue weighted by Gasteiger charge is 2.21. The minimum atomic E-state index is -3.67. The first-order valence-corrected chi connectivity index (χ1v) is 5.34. The van der Waals surface area contributed by atoms with Gasteiger partial charge in [0.1, 0.15) is 0 Å². The third-order valence-electron chi connectivity index (χ3n) is 0.798. The van der Waals surface area contributed by atoms with E-state index in [0.29, 0.717) is 6.26 Å². The SMILES string of the molecule is COC(=O)C(C)(C)C.CS(=O)(=O)O. The van der Waals surface area contributed by atoms with E-state index in [1.165, 1.54) is 7.11 Å². The van der Waals surface area contributed by atoms with Gasteiger partial charge in [0.15, 0.2) is 0 Å². The molecule has 0 unspecified atom stereocenters. The fourth-order valence-electron chi connectivity index (χ4n) is 0.306. The molecule has 0 bridgehead atoms. The van der Waals surface area contributed by atoms with Crippen LogP contribution in [0.1, 0.15) is 20.8 Å². The number of carbonyl (C=O) groups excluding carboxylic acids is 1. The largest absolute Gasteiger partial charge is 0.469 e. The molecule has 0 fully saturated rings. The van der Waals surface area contributed by atoms with Crippen molar-refractivity contribution in [3.8, 4) is 0 Å². The van der Waals surface area contributed by atoms with Crippen molar-refractivity contribution in [3.63, 3.8) is 0 Å². The highest BCUT2D eigenvalue weighted by Crippen LogP contribution is 2.13. The van der Waals surface area contributed by atoms with Crippen LogP contribution in [0.25, 0.3) is 0 Å². The van der Waals surface area contributed by atoms with Crippen molar-refractivity contribution in [2.45, 2.75) is 20.8 Å². The normalized spacial score (nSPS) is 11.2. The van der Waals surface area contributed by atoms with E-state index < -0.39 is 10.1 Å². The molecule has 1 N–H and O–H groups in total. The average molecular weight is 212 g/mol. The van der Waals surface area contributed by atoms with Crippen LogP contribution in [0.2, 0.25) is 0 Å². The molecule has 6 heteroatoms. The van der Waals surface area contributed by atoms with Gasteiger partial charge in [-0.2, -0.15) is 8.42 Å². The second-order valence-corrected chi connectivity index (χ2v) is 4.94. The van der Waals surface area contributed by atoms with Crippen molar-refractivity contribution in [1.29, 1.82) is 0 Å². The Bertz CT molecular complexity index is 239. The average Bonchev–Trinajstić information content (AvgIpc) is 1.80. The Labute approximate surface area is 78.8 Å². The quantitative estimate of drug-likeness (QED) is 0.472. The van der Waals surface area contributed by atoms with Crippen LogP contribution in [0.3, 0.4) is 0 Å². The van der Waals surface area contributed by atoms with Gasteiger partial charge in [0.05, 0.1) is 18.8 Å². The molecule has 0 aromatic heterocycles. The van der Waals surface area contributed by atoms with Crippen molar-refractivity contribution in [3.05, 3.63) is 0 Å². The molecule has 0 aliphatic rings. The molecular weight excluding hydrogens is 196 g/mol. The Kier molecular flexibility index (Phi) is 5.93. The number of hydrogen-bond donors (Lipinski definition) is 1. The van der Waals surface area contributed by atoms with Gasteiger partial charge in [0.25, 0.3) is 10.1 Å². The van der Waals surface area contributed by atoms with Crippen molar-refractivity contribution in [2.24, 2.45) is 5.41 Å². The van der Waals surface area contributed by atoms with Gasteiger partial charge in [-0.3, -0.25) is 9.35 Å². The molecule has 0 amide bonds. The summed E-state index contributed by atoms with van der Waals surface area (Å²) in [7, 11) is -2.27. The predicted molar refractivity (Wildman–Crippen MR) is 48.9 cm³/mol. The molecule has 0 aromatic rings. The molecule has 0 saturated heterocycles. The van der Waals surface area contributed by atoms with E-state index in [9.17, 15) is 13.2 Å². The predicted octanol–water partition coefficient (Wildman–Crippen LogP) is 0.710. The van der Waals surface area contributed by atoms with E-state index in [2.05, 4.69) is 4.74 Å². The summed E-state index contributed by atoms with van der Waals surface area (Å²) in [6, 6.07) is 0. The maximum Gasteiger partial charge on any atom is 0.310 e. The highest BCUT2D eigenvalue weighted by molar-refractivity contribution is 7.85. The Morgan fingerprint density at radius 1 is 1.31 bits per heavy atom. The molecule has 0 rings (SSSR count). The third-order valence-corrected chi connectivity index (χ3v) is 0.798. The number of esters is 1. The van der Waals surface area contributed by atoms with E-state index in [1.54, 1.807) is 0 Å². The summed E-state index contributed by atoms with van der Waals surface area (Å²) in [5.74, 6) is -0.169. The molecule has 0 radical (unpaired) electrons. The van der Waals surface area contributed by atoms with Crippen molar-refractivity contribution < 1.29 is 22.5 Å². The van der Waals surface area contributed by atoms with Gasteiger partial charge >= 0.3 is 5.97 Å². The van der Waals surface area contributed by atoms with Crippen LogP contribution in [0.5, 0.6) is 0 Å². The minimum Gasteiger partial charge on any atom is -0.469 e. The third kappa shape index (κ3) is 18.4. The van der Waals surface area contributed by atoms with Gasteiger partial charge < -0.3 is 4.74 Å². The first-order valence-electron chi connectivity index (χ1n) is 3.49. The number of hydrogen-bond acceptors (Lipinski definition) is 4. The number of methoxy groups -OCH3 is 1. The number of rotatable bonds is 0. The Balaban J connectivity index is 0. The summed E-state index contributed by atoms with van der Waals surface area (Å²) in [5, 5.41) is 0. The lowest BCUT2D eigenvalue weighted by Crippen LogP contribution is -2.21. The van der Waals surface area contributed by atoms with Crippen LogP contribution in [0, 0.1) is 5.41 Å². The van der Waals surface area contributed by atoms with E-state index in [4.69, 9.17) is 4.55 Å². The summed E-state index contributed by atoms with van der Waals surface area (Å²) in [4.78, 5) is 10.6. The molecule has 5 nitrogen and oxygen atoms in total. The summed E-state index contributed by atoms with van der Waals surface area (Å²) in [5.41, 5.74) is -0.352. The van der Waals surface area contributed by atoms with Crippen LogP contribution >= 0.6 is 0 Å². The molecule has 0 aliphatic carbocycles. The van der Waals surface area contributed by atoms with Gasteiger partial charge in [-0.25, -0.2) is 0 Å². The van der Waals surface area contributed by atoms with Crippen LogP contribution in [-0.4, -0.2) is 32.3 Å². The zero-order valence-electron chi connectivity index (χ0n) is 8.49. The lowest BCUT2D eigenvalue weighted by atomic mass is 9.98. The Morgan fingerprint density at radius 3 is 1.54 bits per heavy atom. The maximum atomic E-state index is 10.6. The minimum absolute atomic E-state index is 0.169. The first-order chi connectivity index (χ1) is 5.48. The highest BCUT2D eigenvalue weighted by atomic mass is 32.2. The fraction of sp³-hybridized carbons (Fsp3) is 0.857. The molecule has 0 spiro atoms. The van der Waals surface area contributed by atoms with Crippen LogP contribution in [0.15, 0.2) is 0 Å². The summed E-state index contributed by atoms with van der Waals surface area (Å²) in [6.45, 7) is 5.45. The summed E-state index contributed by atoms with van der Waals surface area (Å²) >= 11 is 0. The van der Waals surface area contributed by atoms with Gasteiger partial charge in [-0.1, -0.05) is 0 Å². The van der Waals surface area contributed by atoms with Gasteiger partial charge in [-0.15, -0.1) is 0 Å². The topological polar surface area (TPSA) is 80.7 Å². The van der Waals surface area contributed by atoms with Gasteiger partial charge in [-0.05, 0) is 20.8 Å². The monoisotopic (exact) mass is 212 g/mol. The summed E-state index contributed by atoms with van der Waals surface area (Å²) in [6.07, 6.45) is 0.715. The molecule has 13 heavy (non-hydrogen) atoms. The molecule has 0 heterocycles. The van der Waals surface area contributed by atoms with E-state index in [1.807, 2.05) is 20.8 Å². The molecule has 0 aliphatic heterocycles. The van der Waals surface area contributed by atoms with Crippen molar-refractivity contribution in [2.75, 3.05) is 13.4 Å². The zero-order chi connectivity index (χ0) is 11.3. The maximum absolute atomic E-state index is 10.6. The van der Waals surface area contributed by atoms with Crippen LogP contribution in [-0.2, 0) is 19.6 Å². The lowest BCUT2D eigenvalue weighted by molar-refractivity contribution is -0.149. The smallest absolute Gasteiger partial charge is 0.310 e. The van der Waals surface area contributed by atoms with E-state index in [0.717, 1.165) is 0 Å². The molecular formula is C7H16O5S. The molecule has 80 valence electrons. The Hall–Kier alpha value is -0.620. The molecule has 0 aromatic carbocycles. The number of ether oxygens (including phenoxy) is 1. The van der Waals surface area contributed by atoms with Gasteiger partial charge in [0, 0.05) is 0 Å². The summed E-state index contributed by atoms with van der Waals surface area (Å²) < 4.78 is 30.3. The van der Waals surface area contributed by atoms with Crippen LogP contribution < -0.4 is 0 Å². The standard InChI is InChI=1S/C6H12O2.CH4O3S/c1-6(2,3)5(7)8-4;1-5(2,3)4/h1-4H3;1H3,(H,2,3,4). The fourth-order valence-corrected chi connectivity index (χ4v) is 0.306. The van der Waals surface area contributed by atoms with Crippen LogP contribution in [0.4, 0.5) is 0 Å². The Morgan fingerprint density at radius 2 is 1.54 bits per heavy atom. The second-order valence-electron chi connectivity index (χ2n) is 3.47. The molecule has 0 atom stereocenters. The van der Waals surface area contributed by atoms with Crippen molar-refractivity contribution in [1.82, 2.24) is 0 Å². The van der Waals surface area contributed by atoms with E-state index in [-0.39, 0.29) is 11.4 Å². The number of carbonyl (C=O) groups is 1. The first kappa shape index (κ1) is 14.9. The van der Waals surface area contributed by atoms with E-state index >= 15 is 0 Å². The molecule has 0 saturated carbocycles. The lowest BCUT2D eigenvalue weighted by Gasteiger charge is -2.13. The van der Waals surface area contributed by atoms with Crippen molar-refractivity contribution >= 4 is 16.1 Å². The zero-order valence-corrected chi connectivity index (χ0v) is 9.30. The van der Waals surface area contributed by atoms with Gasteiger partial charge in [0.2, 0.25) is 0 Å².